The van der Waals surface area contributed by atoms with E-state index >= 15 is 0 Å². The Morgan fingerprint density at radius 3 is 2.61 bits per heavy atom. The van der Waals surface area contributed by atoms with Gasteiger partial charge >= 0.3 is 0 Å². The maximum atomic E-state index is 12.3. The lowest BCUT2D eigenvalue weighted by Gasteiger charge is -2.54. The molecule has 3 rings (SSSR count). The molecule has 2 amide bonds. The largest absolute Gasteiger partial charge is 0.368 e. The minimum absolute atomic E-state index is 0.0363. The van der Waals surface area contributed by atoms with Gasteiger partial charge in [0.05, 0.1) is 25.9 Å². The number of likely N-dealkylation sites (N-methyl/N-ethyl adjacent to an activating group) is 2. The van der Waals surface area contributed by atoms with Gasteiger partial charge in [-0.05, 0) is 7.05 Å². The molecule has 2 aliphatic heterocycles. The maximum Gasteiger partial charge on any atom is 0.274 e. The monoisotopic (exact) mass is 319 g/mol. The summed E-state index contributed by atoms with van der Waals surface area (Å²) in [6.07, 6.45) is 4.51. The topological polar surface area (TPSA) is 78.9 Å². The Morgan fingerprint density at radius 2 is 2.04 bits per heavy atom. The molecule has 0 saturated carbocycles. The van der Waals surface area contributed by atoms with Crippen LogP contribution in [0.1, 0.15) is 10.5 Å². The summed E-state index contributed by atoms with van der Waals surface area (Å²) in [5, 5.41) is 0. The van der Waals surface area contributed by atoms with Crippen LogP contribution in [0.25, 0.3) is 0 Å². The number of ether oxygens (including phenoxy) is 1. The number of aromatic nitrogens is 2. The fourth-order valence-corrected chi connectivity index (χ4v) is 3.11. The summed E-state index contributed by atoms with van der Waals surface area (Å²) < 4.78 is 5.95. The van der Waals surface area contributed by atoms with Gasteiger partial charge in [0.1, 0.15) is 17.3 Å². The van der Waals surface area contributed by atoms with Crippen LogP contribution in [0, 0.1) is 0 Å². The summed E-state index contributed by atoms with van der Waals surface area (Å²) >= 11 is 0. The lowest BCUT2D eigenvalue weighted by Crippen LogP contribution is -2.73. The van der Waals surface area contributed by atoms with E-state index in [9.17, 15) is 9.59 Å². The van der Waals surface area contributed by atoms with E-state index in [-0.39, 0.29) is 23.5 Å². The van der Waals surface area contributed by atoms with Gasteiger partial charge in [-0.3, -0.25) is 19.5 Å². The Hall–Kier alpha value is -2.06. The molecular formula is C15H21N5O3. The summed E-state index contributed by atoms with van der Waals surface area (Å²) in [5.74, 6) is -0.101. The number of hydrogen-bond acceptors (Lipinski definition) is 6. The summed E-state index contributed by atoms with van der Waals surface area (Å²) in [5.41, 5.74) is -0.0393. The van der Waals surface area contributed by atoms with Crippen LogP contribution in [-0.4, -0.2) is 95.5 Å². The van der Waals surface area contributed by atoms with Gasteiger partial charge in [0.15, 0.2) is 0 Å². The summed E-state index contributed by atoms with van der Waals surface area (Å²) in [4.78, 5) is 37.6. The van der Waals surface area contributed by atoms with Crippen LogP contribution in [0.2, 0.25) is 0 Å². The van der Waals surface area contributed by atoms with Gasteiger partial charge in [-0.25, -0.2) is 4.98 Å². The van der Waals surface area contributed by atoms with E-state index in [1.807, 2.05) is 11.9 Å². The number of amides is 2. The fraction of sp³-hybridized carbons (Fsp3) is 0.600. The number of morpholine rings is 1. The Bertz CT molecular complexity index is 600. The predicted molar refractivity (Wildman–Crippen MR) is 81.7 cm³/mol. The van der Waals surface area contributed by atoms with Crippen molar-refractivity contribution in [1.29, 1.82) is 0 Å². The first-order valence-corrected chi connectivity index (χ1v) is 7.52. The highest BCUT2D eigenvalue weighted by Gasteiger charge is 2.51. The van der Waals surface area contributed by atoms with E-state index in [4.69, 9.17) is 4.74 Å². The second-order valence-corrected chi connectivity index (χ2v) is 6.41. The van der Waals surface area contributed by atoms with Crippen molar-refractivity contribution >= 4 is 11.8 Å². The van der Waals surface area contributed by atoms with E-state index in [1.54, 1.807) is 23.9 Å². The molecule has 0 radical (unpaired) electrons. The van der Waals surface area contributed by atoms with E-state index in [0.29, 0.717) is 31.9 Å². The number of carbonyl (C=O) groups excluding carboxylic acids is 2. The van der Waals surface area contributed by atoms with Gasteiger partial charge in [-0.1, -0.05) is 0 Å². The van der Waals surface area contributed by atoms with Crippen LogP contribution in [0.4, 0.5) is 0 Å². The van der Waals surface area contributed by atoms with Crippen LogP contribution in [0.15, 0.2) is 18.6 Å². The van der Waals surface area contributed by atoms with E-state index in [0.717, 1.165) is 0 Å². The number of carbonyl (C=O) groups is 2. The van der Waals surface area contributed by atoms with Gasteiger partial charge in [0.2, 0.25) is 5.91 Å². The molecule has 1 spiro atoms. The van der Waals surface area contributed by atoms with Crippen LogP contribution >= 0.6 is 0 Å². The Labute approximate surface area is 135 Å². The molecule has 124 valence electrons. The molecule has 2 fully saturated rings. The molecule has 0 aliphatic carbocycles. The lowest BCUT2D eigenvalue weighted by atomic mass is 9.90. The molecule has 8 nitrogen and oxygen atoms in total. The van der Waals surface area contributed by atoms with Gasteiger partial charge < -0.3 is 14.5 Å². The molecule has 2 aliphatic rings. The van der Waals surface area contributed by atoms with Crippen LogP contribution in [0.5, 0.6) is 0 Å². The smallest absolute Gasteiger partial charge is 0.274 e. The van der Waals surface area contributed by atoms with Crippen molar-refractivity contribution in [2.24, 2.45) is 0 Å². The minimum atomic E-state index is -0.379. The molecule has 8 heteroatoms. The van der Waals surface area contributed by atoms with Crippen molar-refractivity contribution in [3.63, 3.8) is 0 Å². The lowest BCUT2D eigenvalue weighted by molar-refractivity contribution is -0.190. The zero-order chi connectivity index (χ0) is 16.6. The third kappa shape index (κ3) is 2.91. The first-order valence-electron chi connectivity index (χ1n) is 7.52. The first kappa shape index (κ1) is 15.8. The van der Waals surface area contributed by atoms with E-state index < -0.39 is 0 Å². The molecule has 23 heavy (non-hydrogen) atoms. The molecule has 3 heterocycles. The minimum Gasteiger partial charge on any atom is -0.368 e. The van der Waals surface area contributed by atoms with Crippen molar-refractivity contribution in [3.8, 4) is 0 Å². The molecule has 0 N–H and O–H groups in total. The zero-order valence-corrected chi connectivity index (χ0v) is 13.6. The van der Waals surface area contributed by atoms with Gasteiger partial charge in [-0.2, -0.15) is 0 Å². The second-order valence-electron chi connectivity index (χ2n) is 6.41. The van der Waals surface area contributed by atoms with Crippen molar-refractivity contribution < 1.29 is 14.3 Å². The van der Waals surface area contributed by atoms with Crippen molar-refractivity contribution in [3.05, 3.63) is 24.3 Å². The first-order chi connectivity index (χ1) is 10.9. The molecule has 0 aromatic carbocycles. The van der Waals surface area contributed by atoms with Gasteiger partial charge in [-0.15, -0.1) is 0 Å². The van der Waals surface area contributed by atoms with E-state index in [2.05, 4.69) is 9.97 Å². The average molecular weight is 319 g/mol. The Kier molecular flexibility index (Phi) is 4.03. The van der Waals surface area contributed by atoms with Crippen molar-refractivity contribution in [1.82, 2.24) is 24.7 Å². The molecular weight excluding hydrogens is 298 g/mol. The molecule has 1 aromatic heterocycles. The normalized spacial score (nSPS) is 23.4. The molecule has 0 unspecified atom stereocenters. The number of nitrogens with zero attached hydrogens (tertiary/aromatic N) is 5. The molecule has 0 bridgehead atoms. The predicted octanol–water partition coefficient (Wildman–Crippen LogP) is -0.910. The Morgan fingerprint density at radius 1 is 1.30 bits per heavy atom. The third-order valence-corrected chi connectivity index (χ3v) is 4.37. The van der Waals surface area contributed by atoms with Crippen LogP contribution in [-0.2, 0) is 9.53 Å². The summed E-state index contributed by atoms with van der Waals surface area (Å²) in [6.45, 7) is 1.99. The van der Waals surface area contributed by atoms with Crippen molar-refractivity contribution in [2.75, 3.05) is 47.4 Å². The van der Waals surface area contributed by atoms with Crippen molar-refractivity contribution in [2.45, 2.75) is 11.6 Å². The molecule has 2 saturated heterocycles. The highest BCUT2D eigenvalue weighted by Crippen LogP contribution is 2.31. The van der Waals surface area contributed by atoms with Crippen LogP contribution < -0.4 is 0 Å². The Balaban J connectivity index is 1.59. The van der Waals surface area contributed by atoms with E-state index in [1.165, 1.54) is 18.6 Å². The maximum absolute atomic E-state index is 12.3. The number of hydrogen-bond donors (Lipinski definition) is 0. The molecule has 1 aromatic rings. The third-order valence-electron chi connectivity index (χ3n) is 4.37. The average Bonchev–Trinajstić information content (AvgIpc) is 2.52. The highest BCUT2D eigenvalue weighted by molar-refractivity contribution is 5.92. The van der Waals surface area contributed by atoms with Gasteiger partial charge in [0.25, 0.3) is 5.91 Å². The number of rotatable bonds is 2. The fourth-order valence-electron chi connectivity index (χ4n) is 3.11. The highest BCUT2D eigenvalue weighted by atomic mass is 16.5. The number of likely N-dealkylation sites (tertiary alicyclic amines) is 1. The quantitative estimate of drug-likeness (QED) is 0.702. The molecule has 1 atom stereocenters. The van der Waals surface area contributed by atoms with Crippen LogP contribution in [0.3, 0.4) is 0 Å². The SMILES string of the molecule is CN(C)C(=O)[C@@H]1COC2(CN(C(=O)c3cnccn3)C2)CN1C. The summed E-state index contributed by atoms with van der Waals surface area (Å²) in [6, 6.07) is -0.264. The standard InChI is InChI=1S/C15H21N5O3/c1-18(2)14(22)12-7-23-15(8-19(12)3)9-20(10-15)13(21)11-6-16-4-5-17-11/h4-6,12H,7-10H2,1-3H3/t12-/m0/s1. The second kappa shape index (κ2) is 5.86. The van der Waals surface area contributed by atoms with Gasteiger partial charge in [0, 0.05) is 33.0 Å². The zero-order valence-electron chi connectivity index (χ0n) is 13.6. The summed E-state index contributed by atoms with van der Waals surface area (Å²) in [7, 11) is 5.40.